The molecule has 1 aliphatic carbocycles. The van der Waals surface area contributed by atoms with Gasteiger partial charge in [-0.25, -0.2) is 0 Å². The molecule has 0 unspecified atom stereocenters. The Labute approximate surface area is 143 Å². The zero-order valence-corrected chi connectivity index (χ0v) is 14.9. The van der Waals surface area contributed by atoms with Gasteiger partial charge in [0.05, 0.1) is 15.6 Å². The standard InChI is InChI=1S/C16H17BrCl2NO/c1-20-15(11-5-6-12(18)13(19)9-11)21-14(10-17)16(20)7-3-2-4-8-16/h5-6,9-10H,2-4,7-8H2,1H3/q+1. The van der Waals surface area contributed by atoms with Crippen molar-refractivity contribution in [1.29, 1.82) is 0 Å². The van der Waals surface area contributed by atoms with E-state index in [9.17, 15) is 0 Å². The molecule has 0 bridgehead atoms. The van der Waals surface area contributed by atoms with E-state index in [1.807, 2.05) is 23.2 Å². The molecule has 1 saturated carbocycles. The predicted octanol–water partition coefficient (Wildman–Crippen LogP) is 5.35. The molecule has 1 aromatic rings. The van der Waals surface area contributed by atoms with Gasteiger partial charge in [-0.2, -0.15) is 4.58 Å². The topological polar surface area (TPSA) is 12.2 Å². The highest BCUT2D eigenvalue weighted by Gasteiger charge is 2.53. The number of halogens is 3. The minimum atomic E-state index is -0.0246. The summed E-state index contributed by atoms with van der Waals surface area (Å²) in [6.07, 6.45) is 5.99. The zero-order valence-electron chi connectivity index (χ0n) is 11.8. The number of ether oxygens (including phenoxy) is 1. The van der Waals surface area contributed by atoms with Gasteiger partial charge in [-0.1, -0.05) is 45.6 Å². The third kappa shape index (κ3) is 2.54. The lowest BCUT2D eigenvalue weighted by molar-refractivity contribution is -0.570. The molecule has 1 fully saturated rings. The average Bonchev–Trinajstić information content (AvgIpc) is 2.76. The van der Waals surface area contributed by atoms with Gasteiger partial charge in [0.25, 0.3) is 0 Å². The van der Waals surface area contributed by atoms with E-state index >= 15 is 0 Å². The second-order valence-electron chi connectivity index (χ2n) is 5.66. The van der Waals surface area contributed by atoms with Crippen LogP contribution in [0.25, 0.3) is 0 Å². The van der Waals surface area contributed by atoms with Crippen LogP contribution in [0.2, 0.25) is 10.0 Å². The lowest BCUT2D eigenvalue weighted by Crippen LogP contribution is -2.41. The summed E-state index contributed by atoms with van der Waals surface area (Å²) in [7, 11) is 2.10. The van der Waals surface area contributed by atoms with E-state index in [0.717, 1.165) is 30.1 Å². The molecule has 3 rings (SSSR count). The van der Waals surface area contributed by atoms with Gasteiger partial charge in [0.2, 0.25) is 5.54 Å². The summed E-state index contributed by atoms with van der Waals surface area (Å²) in [5, 5.41) is 1.11. The molecule has 0 aromatic heterocycles. The normalized spacial score (nSPS) is 23.0. The Morgan fingerprint density at radius 1 is 1.19 bits per heavy atom. The van der Waals surface area contributed by atoms with Crippen molar-refractivity contribution < 1.29 is 9.31 Å². The van der Waals surface area contributed by atoms with E-state index in [1.165, 1.54) is 19.3 Å². The fourth-order valence-corrected chi connectivity index (χ4v) is 4.17. The Morgan fingerprint density at radius 2 is 1.90 bits per heavy atom. The first kappa shape index (κ1) is 15.4. The van der Waals surface area contributed by atoms with Crippen LogP contribution in [0, 0.1) is 0 Å². The van der Waals surface area contributed by atoms with Crippen molar-refractivity contribution in [2.45, 2.75) is 37.6 Å². The number of likely N-dealkylation sites (N-methyl/N-ethyl adjacent to an activating group) is 1. The molecule has 0 saturated heterocycles. The number of hydrogen-bond donors (Lipinski definition) is 0. The Morgan fingerprint density at radius 3 is 2.52 bits per heavy atom. The molecule has 0 N–H and O–H groups in total. The molecular formula is C16H17BrCl2NO+. The molecule has 2 nitrogen and oxygen atoms in total. The van der Waals surface area contributed by atoms with Gasteiger partial charge >= 0.3 is 5.90 Å². The molecule has 2 aliphatic rings. The quantitative estimate of drug-likeness (QED) is 0.589. The first-order chi connectivity index (χ1) is 10.1. The summed E-state index contributed by atoms with van der Waals surface area (Å²) < 4.78 is 8.41. The summed E-state index contributed by atoms with van der Waals surface area (Å²) in [5.41, 5.74) is 0.935. The van der Waals surface area contributed by atoms with Crippen molar-refractivity contribution in [3.63, 3.8) is 0 Å². The molecule has 1 aromatic carbocycles. The van der Waals surface area contributed by atoms with Crippen LogP contribution in [0.4, 0.5) is 0 Å². The molecule has 112 valence electrons. The minimum absolute atomic E-state index is 0.0246. The van der Waals surface area contributed by atoms with Crippen LogP contribution in [0.5, 0.6) is 0 Å². The summed E-state index contributed by atoms with van der Waals surface area (Å²) in [5.74, 6) is 1.84. The summed E-state index contributed by atoms with van der Waals surface area (Å²) in [6.45, 7) is 0. The minimum Gasteiger partial charge on any atom is -0.401 e. The molecule has 0 atom stereocenters. The zero-order chi connectivity index (χ0) is 15.0. The molecule has 5 heteroatoms. The van der Waals surface area contributed by atoms with Crippen LogP contribution < -0.4 is 0 Å². The van der Waals surface area contributed by atoms with Crippen LogP contribution in [0.1, 0.15) is 37.7 Å². The smallest absolute Gasteiger partial charge is 0.375 e. The van der Waals surface area contributed by atoms with Gasteiger partial charge in [-0.15, -0.1) is 0 Å². The Kier molecular flexibility index (Phi) is 4.35. The maximum atomic E-state index is 6.15. The molecule has 1 aliphatic heterocycles. The lowest BCUT2D eigenvalue weighted by Gasteiger charge is -2.28. The van der Waals surface area contributed by atoms with Gasteiger partial charge < -0.3 is 4.74 Å². The van der Waals surface area contributed by atoms with E-state index in [4.69, 9.17) is 27.9 Å². The Hall–Kier alpha value is -0.510. The maximum absolute atomic E-state index is 6.15. The monoisotopic (exact) mass is 388 g/mol. The van der Waals surface area contributed by atoms with E-state index in [0.29, 0.717) is 10.0 Å². The van der Waals surface area contributed by atoms with E-state index in [2.05, 4.69) is 27.6 Å². The van der Waals surface area contributed by atoms with Gasteiger partial charge in [-0.3, -0.25) is 0 Å². The van der Waals surface area contributed by atoms with Gasteiger partial charge in [0.15, 0.2) is 5.76 Å². The molecule has 1 heterocycles. The van der Waals surface area contributed by atoms with Crippen LogP contribution >= 0.6 is 39.1 Å². The van der Waals surface area contributed by atoms with Crippen LogP contribution in [-0.2, 0) is 4.74 Å². The lowest BCUT2D eigenvalue weighted by atomic mass is 9.80. The number of nitrogens with zero attached hydrogens (tertiary/aromatic N) is 1. The molecule has 0 radical (unpaired) electrons. The molecular weight excluding hydrogens is 373 g/mol. The Bertz CT molecular complexity index is 633. The molecule has 0 amide bonds. The van der Waals surface area contributed by atoms with Crippen LogP contribution in [-0.4, -0.2) is 23.1 Å². The van der Waals surface area contributed by atoms with Crippen molar-refractivity contribution in [2.24, 2.45) is 0 Å². The Balaban J connectivity index is 2.07. The third-order valence-electron chi connectivity index (χ3n) is 4.56. The van der Waals surface area contributed by atoms with E-state index < -0.39 is 0 Å². The summed E-state index contributed by atoms with van der Waals surface area (Å²) in [6, 6.07) is 5.63. The van der Waals surface area contributed by atoms with Crippen molar-refractivity contribution in [3.05, 3.63) is 44.6 Å². The third-order valence-corrected chi connectivity index (χ3v) is 5.71. The van der Waals surface area contributed by atoms with Gasteiger partial charge in [0, 0.05) is 17.8 Å². The first-order valence-electron chi connectivity index (χ1n) is 7.13. The summed E-state index contributed by atoms with van der Waals surface area (Å²) >= 11 is 15.6. The second kappa shape index (κ2) is 5.94. The van der Waals surface area contributed by atoms with Crippen molar-refractivity contribution in [3.8, 4) is 0 Å². The highest BCUT2D eigenvalue weighted by atomic mass is 79.9. The first-order valence-corrected chi connectivity index (χ1v) is 8.80. The molecule has 1 spiro atoms. The van der Waals surface area contributed by atoms with Crippen LogP contribution in [0.15, 0.2) is 28.9 Å². The number of benzene rings is 1. The second-order valence-corrected chi connectivity index (χ2v) is 6.93. The fraction of sp³-hybridized carbons (Fsp3) is 0.438. The van der Waals surface area contributed by atoms with Crippen molar-refractivity contribution >= 4 is 45.0 Å². The van der Waals surface area contributed by atoms with Gasteiger partial charge in [-0.05, 0) is 31.0 Å². The summed E-state index contributed by atoms with van der Waals surface area (Å²) in [4.78, 5) is 1.92. The molecule has 21 heavy (non-hydrogen) atoms. The largest absolute Gasteiger partial charge is 0.401 e. The highest BCUT2D eigenvalue weighted by Crippen LogP contribution is 2.42. The number of rotatable bonds is 1. The van der Waals surface area contributed by atoms with Crippen LogP contribution in [0.3, 0.4) is 0 Å². The maximum Gasteiger partial charge on any atom is 0.375 e. The van der Waals surface area contributed by atoms with Crippen molar-refractivity contribution in [1.82, 2.24) is 0 Å². The predicted molar refractivity (Wildman–Crippen MR) is 90.7 cm³/mol. The average molecular weight is 390 g/mol. The van der Waals surface area contributed by atoms with E-state index in [-0.39, 0.29) is 5.54 Å². The number of hydrogen-bond acceptors (Lipinski definition) is 1. The van der Waals surface area contributed by atoms with Gasteiger partial charge in [0.1, 0.15) is 7.05 Å². The van der Waals surface area contributed by atoms with Crippen molar-refractivity contribution in [2.75, 3.05) is 7.05 Å². The fourth-order valence-electron chi connectivity index (χ4n) is 3.35. The van der Waals surface area contributed by atoms with E-state index in [1.54, 1.807) is 0 Å². The SMILES string of the molecule is C[N+]1=C(c2ccc(Cl)c(Cl)c2)OC(=CBr)C12CCCCC2. The highest BCUT2D eigenvalue weighted by molar-refractivity contribution is 9.11.